The first kappa shape index (κ1) is 16.3. The molecule has 0 aromatic carbocycles. The third-order valence-electron chi connectivity index (χ3n) is 6.63. The van der Waals surface area contributed by atoms with Gasteiger partial charge in [0.15, 0.2) is 0 Å². The molecule has 0 radical (unpaired) electrons. The van der Waals surface area contributed by atoms with Gasteiger partial charge in [-0.1, -0.05) is 51.9 Å². The summed E-state index contributed by atoms with van der Waals surface area (Å²) in [4.78, 5) is 15.0. The van der Waals surface area contributed by atoms with Crippen LogP contribution in [0.1, 0.15) is 77.6 Å². The predicted molar refractivity (Wildman–Crippen MR) is 88.5 cm³/mol. The van der Waals surface area contributed by atoms with E-state index in [4.69, 9.17) is 0 Å². The van der Waals surface area contributed by atoms with Gasteiger partial charge < -0.3 is 10.0 Å². The summed E-state index contributed by atoms with van der Waals surface area (Å²) >= 11 is 0. The molecule has 0 aromatic heterocycles. The van der Waals surface area contributed by atoms with Crippen LogP contribution in [0.5, 0.6) is 0 Å². The third kappa shape index (κ3) is 3.34. The smallest absolute Gasteiger partial charge is 0.225 e. The average Bonchev–Trinajstić information content (AvgIpc) is 3.00. The molecular weight excluding hydrogens is 274 g/mol. The molecule has 1 heterocycles. The van der Waals surface area contributed by atoms with Crippen LogP contribution in [0.25, 0.3) is 0 Å². The molecule has 1 spiro atoms. The van der Waals surface area contributed by atoms with E-state index in [-0.39, 0.29) is 17.4 Å². The van der Waals surface area contributed by atoms with Crippen LogP contribution in [0.3, 0.4) is 0 Å². The van der Waals surface area contributed by atoms with Gasteiger partial charge in [-0.2, -0.15) is 0 Å². The molecule has 1 aliphatic heterocycles. The van der Waals surface area contributed by atoms with Crippen molar-refractivity contribution in [2.24, 2.45) is 17.3 Å². The highest BCUT2D eigenvalue weighted by molar-refractivity contribution is 5.78. The van der Waals surface area contributed by atoms with Gasteiger partial charge in [-0.05, 0) is 31.6 Å². The molecule has 1 amide bonds. The first-order chi connectivity index (χ1) is 10.6. The van der Waals surface area contributed by atoms with E-state index in [0.29, 0.717) is 5.91 Å². The zero-order valence-corrected chi connectivity index (χ0v) is 14.2. The second kappa shape index (κ2) is 6.90. The largest absolute Gasteiger partial charge is 0.392 e. The number of hydrogen-bond donors (Lipinski definition) is 1. The molecule has 0 aromatic rings. The van der Waals surface area contributed by atoms with Gasteiger partial charge in [-0.25, -0.2) is 0 Å². The fourth-order valence-electron chi connectivity index (χ4n) is 5.24. The topological polar surface area (TPSA) is 40.5 Å². The molecule has 3 rings (SSSR count). The van der Waals surface area contributed by atoms with Crippen molar-refractivity contribution in [2.45, 2.75) is 83.7 Å². The van der Waals surface area contributed by atoms with Gasteiger partial charge in [-0.3, -0.25) is 4.79 Å². The normalized spacial score (nSPS) is 30.6. The Labute approximate surface area is 135 Å². The van der Waals surface area contributed by atoms with Crippen molar-refractivity contribution >= 4 is 5.91 Å². The molecule has 3 aliphatic rings. The van der Waals surface area contributed by atoms with E-state index < -0.39 is 0 Å². The van der Waals surface area contributed by atoms with Crippen molar-refractivity contribution in [3.05, 3.63) is 0 Å². The van der Waals surface area contributed by atoms with Gasteiger partial charge in [0.25, 0.3) is 0 Å². The van der Waals surface area contributed by atoms with Crippen molar-refractivity contribution in [3.63, 3.8) is 0 Å². The van der Waals surface area contributed by atoms with Gasteiger partial charge in [0.05, 0.1) is 6.10 Å². The van der Waals surface area contributed by atoms with Crippen LogP contribution in [0.2, 0.25) is 0 Å². The van der Waals surface area contributed by atoms with Crippen molar-refractivity contribution in [3.8, 4) is 0 Å². The van der Waals surface area contributed by atoms with Crippen LogP contribution in [0.15, 0.2) is 0 Å². The Hall–Kier alpha value is -0.570. The summed E-state index contributed by atoms with van der Waals surface area (Å²) in [5.74, 6) is 1.28. The van der Waals surface area contributed by atoms with Crippen molar-refractivity contribution in [1.29, 1.82) is 0 Å². The molecular formula is C19H33NO2. The number of nitrogens with zero attached hydrogens (tertiary/aromatic N) is 1. The van der Waals surface area contributed by atoms with E-state index in [9.17, 15) is 9.90 Å². The quantitative estimate of drug-likeness (QED) is 0.862. The van der Waals surface area contributed by atoms with Crippen LogP contribution >= 0.6 is 0 Å². The highest BCUT2D eigenvalue weighted by Gasteiger charge is 2.45. The SMILES string of the molecule is C[C@H](CC1CCCCC1)C(=O)N1CCC(O)C2(CCCC2)C1. The lowest BCUT2D eigenvalue weighted by Crippen LogP contribution is -2.53. The summed E-state index contributed by atoms with van der Waals surface area (Å²) in [6.07, 6.45) is 13.0. The van der Waals surface area contributed by atoms with Crippen molar-refractivity contribution in [1.82, 2.24) is 4.90 Å². The summed E-state index contributed by atoms with van der Waals surface area (Å²) in [5, 5.41) is 10.4. The van der Waals surface area contributed by atoms with E-state index in [1.54, 1.807) is 0 Å². The zero-order valence-electron chi connectivity index (χ0n) is 14.2. The molecule has 3 fully saturated rings. The van der Waals surface area contributed by atoms with Crippen LogP contribution in [-0.2, 0) is 4.79 Å². The lowest BCUT2D eigenvalue weighted by molar-refractivity contribution is -0.143. The molecule has 2 aliphatic carbocycles. The fourth-order valence-corrected chi connectivity index (χ4v) is 5.24. The molecule has 0 bridgehead atoms. The summed E-state index contributed by atoms with van der Waals surface area (Å²) < 4.78 is 0. The minimum Gasteiger partial charge on any atom is -0.392 e. The minimum absolute atomic E-state index is 0.0263. The standard InChI is InChI=1S/C19H33NO2/c1-15(13-16-7-3-2-4-8-16)18(22)20-12-9-17(21)19(14-20)10-5-6-11-19/h15-17,21H,2-14H2,1H3/t15-,17?/m1/s1. The Bertz CT molecular complexity index is 383. The Morgan fingerprint density at radius 2 is 1.82 bits per heavy atom. The van der Waals surface area contributed by atoms with E-state index in [1.165, 1.54) is 44.9 Å². The highest BCUT2D eigenvalue weighted by atomic mass is 16.3. The van der Waals surface area contributed by atoms with Crippen LogP contribution in [-0.4, -0.2) is 35.1 Å². The maximum Gasteiger partial charge on any atom is 0.225 e. The summed E-state index contributed by atoms with van der Waals surface area (Å²) in [5.41, 5.74) is 0.0263. The highest BCUT2D eigenvalue weighted by Crippen LogP contribution is 2.45. The lowest BCUT2D eigenvalue weighted by atomic mass is 9.75. The summed E-state index contributed by atoms with van der Waals surface area (Å²) in [6, 6.07) is 0. The number of hydrogen-bond acceptors (Lipinski definition) is 2. The molecule has 126 valence electrons. The van der Waals surface area contributed by atoms with Gasteiger partial charge in [0, 0.05) is 24.4 Å². The maximum absolute atomic E-state index is 12.9. The third-order valence-corrected chi connectivity index (χ3v) is 6.63. The molecule has 1 N–H and O–H groups in total. The van der Waals surface area contributed by atoms with Gasteiger partial charge >= 0.3 is 0 Å². The fraction of sp³-hybridized carbons (Fsp3) is 0.947. The molecule has 3 heteroatoms. The number of amides is 1. The molecule has 2 saturated carbocycles. The summed E-state index contributed by atoms with van der Waals surface area (Å²) in [6.45, 7) is 3.70. The Kier molecular flexibility index (Phi) is 5.11. The lowest BCUT2D eigenvalue weighted by Gasteiger charge is -2.45. The maximum atomic E-state index is 12.9. The minimum atomic E-state index is -0.187. The number of aliphatic hydroxyl groups is 1. The number of aliphatic hydroxyl groups excluding tert-OH is 1. The van der Waals surface area contributed by atoms with E-state index in [0.717, 1.165) is 44.7 Å². The molecule has 1 saturated heterocycles. The zero-order chi connectivity index (χ0) is 15.6. The van der Waals surface area contributed by atoms with Gasteiger partial charge in [0.2, 0.25) is 5.91 Å². The molecule has 1 unspecified atom stereocenters. The van der Waals surface area contributed by atoms with Gasteiger partial charge in [0.1, 0.15) is 0 Å². The summed E-state index contributed by atoms with van der Waals surface area (Å²) in [7, 11) is 0. The Morgan fingerprint density at radius 3 is 2.50 bits per heavy atom. The van der Waals surface area contributed by atoms with Crippen molar-refractivity contribution < 1.29 is 9.90 Å². The van der Waals surface area contributed by atoms with Crippen LogP contribution < -0.4 is 0 Å². The first-order valence-corrected chi connectivity index (χ1v) is 9.57. The average molecular weight is 307 g/mol. The molecule has 3 nitrogen and oxygen atoms in total. The number of piperidine rings is 1. The Balaban J connectivity index is 1.57. The number of carbonyl (C=O) groups is 1. The van der Waals surface area contributed by atoms with E-state index >= 15 is 0 Å². The number of likely N-dealkylation sites (tertiary alicyclic amines) is 1. The number of carbonyl (C=O) groups excluding carboxylic acids is 1. The second-order valence-corrected chi connectivity index (χ2v) is 8.27. The predicted octanol–water partition coefficient (Wildman–Crippen LogP) is 3.75. The molecule has 22 heavy (non-hydrogen) atoms. The Morgan fingerprint density at radius 1 is 1.14 bits per heavy atom. The van der Waals surface area contributed by atoms with Gasteiger partial charge in [-0.15, -0.1) is 0 Å². The number of rotatable bonds is 3. The van der Waals surface area contributed by atoms with E-state index in [2.05, 4.69) is 11.8 Å². The van der Waals surface area contributed by atoms with Crippen LogP contribution in [0, 0.1) is 17.3 Å². The van der Waals surface area contributed by atoms with Crippen molar-refractivity contribution in [2.75, 3.05) is 13.1 Å². The monoisotopic (exact) mass is 307 g/mol. The van der Waals surface area contributed by atoms with Crippen LogP contribution in [0.4, 0.5) is 0 Å². The second-order valence-electron chi connectivity index (χ2n) is 8.27. The molecule has 2 atom stereocenters. The van der Waals surface area contributed by atoms with E-state index in [1.807, 2.05) is 0 Å². The first-order valence-electron chi connectivity index (χ1n) is 9.57.